The Morgan fingerprint density at radius 2 is 0.853 bits per heavy atom. The maximum atomic E-state index is 6.68. The topological polar surface area (TPSA) is 84.8 Å². The van der Waals surface area contributed by atoms with Gasteiger partial charge in [-0.2, -0.15) is 35.0 Å². The van der Waals surface area contributed by atoms with Gasteiger partial charge in [-0.25, -0.2) is 19.9 Å². The summed E-state index contributed by atoms with van der Waals surface area (Å²) < 4.78 is 19.6. The Kier molecular flexibility index (Phi) is 12.0. The van der Waals surface area contributed by atoms with E-state index >= 15 is 0 Å². The fourth-order valence-electron chi connectivity index (χ4n) is 10.2. The first-order valence-corrected chi connectivity index (χ1v) is 24.2. The number of fused-ring (bicyclic) bond motifs is 10. The zero-order chi connectivity index (χ0) is 48.8. The molecule has 0 unspecified atom stereocenters. The summed E-state index contributed by atoms with van der Waals surface area (Å²) in [4.78, 5) is 19.7. The third-order valence-corrected chi connectivity index (χ3v) is 13.7. The summed E-state index contributed by atoms with van der Waals surface area (Å²) in [5, 5.41) is 7.08. The van der Waals surface area contributed by atoms with Crippen LogP contribution in [0.25, 0.3) is 105 Å². The molecule has 9 nitrogen and oxygen atoms in total. The summed E-state index contributed by atoms with van der Waals surface area (Å²) in [7, 11) is 0. The van der Waals surface area contributed by atoms with Crippen LogP contribution in [0.4, 0.5) is 0 Å². The second-order valence-corrected chi connectivity index (χ2v) is 19.2. The number of nitrogens with zero attached hydrogens (tertiary/aromatic N) is 7. The van der Waals surface area contributed by atoms with Gasteiger partial charge < -0.3 is 23.2 Å². The second kappa shape index (κ2) is 18.9. The largest absolute Gasteiger partial charge is 2.00 e. The zero-order valence-electron chi connectivity index (χ0n) is 40.6. The van der Waals surface area contributed by atoms with Crippen LogP contribution in [-0.4, -0.2) is 33.6 Å². The Labute approximate surface area is 460 Å². The van der Waals surface area contributed by atoms with E-state index in [4.69, 9.17) is 29.4 Å². The third kappa shape index (κ3) is 8.28. The first-order chi connectivity index (χ1) is 35.8. The summed E-state index contributed by atoms with van der Waals surface area (Å²) in [6.07, 6.45) is 5.49. The molecule has 75 heavy (non-hydrogen) atoms. The molecule has 0 spiro atoms. The van der Waals surface area contributed by atoms with E-state index in [0.717, 1.165) is 88.0 Å². The van der Waals surface area contributed by atoms with Gasteiger partial charge >= 0.3 is 42.1 Å². The van der Waals surface area contributed by atoms with Gasteiger partial charge in [0.05, 0.1) is 5.52 Å². The molecule has 0 amide bonds. The summed E-state index contributed by atoms with van der Waals surface area (Å²) >= 11 is 0. The van der Waals surface area contributed by atoms with Crippen molar-refractivity contribution in [2.45, 2.75) is 26.2 Å². The monoisotopic (exact) mass is 1330 g/mol. The van der Waals surface area contributed by atoms with Gasteiger partial charge in [-0.05, 0) is 81.4 Å². The first-order valence-electron chi connectivity index (χ1n) is 24.2. The molecule has 14 aromatic rings. The number of hydrogen-bond donors (Lipinski definition) is 0. The van der Waals surface area contributed by atoms with Crippen LogP contribution in [0.2, 0.25) is 0 Å². The van der Waals surface area contributed by atoms with Gasteiger partial charge in [0.1, 0.15) is 11.6 Å². The molecule has 8 aromatic carbocycles. The quantitative estimate of drug-likeness (QED) is 0.141. The Balaban J connectivity index is 0.00000284. The van der Waals surface area contributed by atoms with E-state index < -0.39 is 0 Å². The van der Waals surface area contributed by atoms with E-state index in [-0.39, 0.29) is 47.5 Å². The predicted octanol–water partition coefficient (Wildman–Crippen LogP) is 15.5. The molecule has 0 aliphatic rings. The molecule has 0 bridgehead atoms. The minimum atomic E-state index is 0. The number of rotatable bonds is 8. The van der Waals surface area contributed by atoms with Crippen LogP contribution in [-0.2, 0) is 47.5 Å². The predicted molar refractivity (Wildman–Crippen MR) is 291 cm³/mol. The van der Waals surface area contributed by atoms with Gasteiger partial charge in [-0.3, -0.25) is 0 Å². The number of aromatic nitrogens is 7. The van der Waals surface area contributed by atoms with E-state index in [1.165, 1.54) is 5.56 Å². The second-order valence-electron chi connectivity index (χ2n) is 19.2. The molecule has 0 aliphatic carbocycles. The van der Waals surface area contributed by atoms with E-state index in [1.54, 1.807) is 12.4 Å². The van der Waals surface area contributed by atoms with Crippen LogP contribution in [0, 0.1) is 24.3 Å². The van der Waals surface area contributed by atoms with Crippen molar-refractivity contribution in [1.29, 1.82) is 0 Å². The van der Waals surface area contributed by atoms with Gasteiger partial charge in [-0.15, -0.1) is 59.3 Å². The van der Waals surface area contributed by atoms with Crippen molar-refractivity contribution < 1.29 is 51.6 Å². The Bertz CT molecular complexity index is 4270. The molecule has 11 heteroatoms. The number of para-hydroxylation sites is 2. The molecular weight excluding hydrogens is 1290 g/mol. The molecule has 14 rings (SSSR count). The van der Waals surface area contributed by atoms with Gasteiger partial charge in [0, 0.05) is 58.0 Å². The summed E-state index contributed by atoms with van der Waals surface area (Å²) in [6.45, 7) is 6.69. The van der Waals surface area contributed by atoms with Crippen LogP contribution >= 0.6 is 0 Å². The molecule has 364 valence electrons. The van der Waals surface area contributed by atoms with Crippen molar-refractivity contribution in [2.24, 2.45) is 0 Å². The maximum Gasteiger partial charge on any atom is 2.00 e. The van der Waals surface area contributed by atoms with Crippen LogP contribution in [0.3, 0.4) is 0 Å². The van der Waals surface area contributed by atoms with Gasteiger partial charge in [0.15, 0.2) is 0 Å². The van der Waals surface area contributed by atoms with Crippen LogP contribution < -0.4 is 9.47 Å². The molecule has 0 aliphatic heterocycles. The van der Waals surface area contributed by atoms with E-state index in [0.29, 0.717) is 40.0 Å². The molecule has 0 fully saturated rings. The molecule has 0 saturated carbocycles. The standard InChI is InChI=1S/C64H41N7O2.2Pt/c1-64(2,3)43-21-18-40(19-22-43)41-20-31-54-42(34-41)39-67-63(68-54)71-59-37-46(72-44-23-27-50-48-12-4-6-14-55(48)69(57(50)35-44)61-16-8-10-32-65-61)25-29-52(59)53-30-26-47(38-60(53)71)73-45-24-28-51-49-13-5-7-15-56(49)70(58(51)36-45)62-17-9-11-33-66-62;;/h4-34,39H,1-3H3;;/q-4;2*+2. The maximum absolute atomic E-state index is 6.68. The Morgan fingerprint density at radius 1 is 0.413 bits per heavy atom. The minimum Gasteiger partial charge on any atom is -0.509 e. The van der Waals surface area contributed by atoms with Gasteiger partial charge in [0.25, 0.3) is 0 Å². The van der Waals surface area contributed by atoms with Crippen LogP contribution in [0.15, 0.2) is 195 Å². The van der Waals surface area contributed by atoms with E-state index in [1.807, 2.05) is 95.7 Å². The van der Waals surface area contributed by atoms with Crippen molar-refractivity contribution >= 4 is 76.3 Å². The molecule has 0 atom stereocenters. The number of ether oxygens (including phenoxy) is 2. The summed E-state index contributed by atoms with van der Waals surface area (Å²) in [6, 6.07) is 74.0. The molecule has 0 saturated heterocycles. The number of hydrogen-bond acceptors (Lipinski definition) is 6. The average molecular weight is 1330 g/mol. The third-order valence-electron chi connectivity index (χ3n) is 13.7. The van der Waals surface area contributed by atoms with Crippen molar-refractivity contribution in [1.82, 2.24) is 33.6 Å². The molecule has 6 aromatic heterocycles. The van der Waals surface area contributed by atoms with Gasteiger partial charge in [0.2, 0.25) is 5.95 Å². The number of benzene rings is 8. The Hall–Kier alpha value is -8.22. The van der Waals surface area contributed by atoms with Crippen molar-refractivity contribution in [3.8, 4) is 51.7 Å². The fraction of sp³-hybridized carbons (Fsp3) is 0.0625. The molecular formula is C64H41N7O2Pt2. The Morgan fingerprint density at radius 3 is 1.32 bits per heavy atom. The summed E-state index contributed by atoms with van der Waals surface area (Å²) in [5.41, 5.74) is 9.61. The van der Waals surface area contributed by atoms with Crippen molar-refractivity contribution in [3.05, 3.63) is 224 Å². The molecule has 0 N–H and O–H groups in total. The van der Waals surface area contributed by atoms with Crippen molar-refractivity contribution in [2.75, 3.05) is 0 Å². The van der Waals surface area contributed by atoms with E-state index in [9.17, 15) is 0 Å². The van der Waals surface area contributed by atoms with Gasteiger partial charge in [-0.1, -0.05) is 122 Å². The molecule has 0 radical (unpaired) electrons. The van der Waals surface area contributed by atoms with Crippen LogP contribution in [0.1, 0.15) is 26.3 Å². The average Bonchev–Trinajstić information content (AvgIpc) is 4.09. The zero-order valence-corrected chi connectivity index (χ0v) is 45.1. The fourth-order valence-corrected chi connectivity index (χ4v) is 10.2. The summed E-state index contributed by atoms with van der Waals surface area (Å²) in [5.74, 6) is 4.12. The van der Waals surface area contributed by atoms with E-state index in [2.05, 4.69) is 145 Å². The smallest absolute Gasteiger partial charge is 0.509 e. The number of pyridine rings is 2. The van der Waals surface area contributed by atoms with Crippen molar-refractivity contribution in [3.63, 3.8) is 0 Å². The SMILES string of the molecule is CC(C)(C)c1ccc(-c2ccc3nc(-n4c5[c-]c(Oc6[c-]c7c(cc6)c6ccccc6n7-c6ccccn6)ccc5c5ccc(Oc6[c-]c7c(cc6)c6ccccc6n7-c6ccccn6)[c-]c54)ncc3c2)cc1.[Pt+2].[Pt+2]. The minimum absolute atomic E-state index is 0. The molecule has 6 heterocycles. The first kappa shape index (κ1) is 47.8. The van der Waals surface area contributed by atoms with Crippen LogP contribution in [0.5, 0.6) is 23.0 Å². The normalized spacial score (nSPS) is 11.7.